The summed E-state index contributed by atoms with van der Waals surface area (Å²) in [5, 5.41) is 0. The van der Waals surface area contributed by atoms with E-state index in [0.717, 1.165) is 11.1 Å². The normalized spacial score (nSPS) is 11.4. The summed E-state index contributed by atoms with van der Waals surface area (Å²) >= 11 is 0. The van der Waals surface area contributed by atoms with Crippen molar-refractivity contribution in [3.05, 3.63) is 53.6 Å². The van der Waals surface area contributed by atoms with E-state index in [1.54, 1.807) is 6.07 Å². The van der Waals surface area contributed by atoms with Gasteiger partial charge in [0.05, 0.1) is 24.7 Å². The molecule has 0 aromatic heterocycles. The molecular weight excluding hydrogens is 366 g/mol. The van der Waals surface area contributed by atoms with Crippen molar-refractivity contribution in [3.63, 3.8) is 0 Å². The number of rotatable bonds is 11. The van der Waals surface area contributed by atoms with Crippen molar-refractivity contribution in [3.8, 4) is 11.5 Å². The highest BCUT2D eigenvalue weighted by molar-refractivity contribution is 7.89. The first-order chi connectivity index (χ1) is 13.0. The molecule has 0 heterocycles. The van der Waals surface area contributed by atoms with Crippen LogP contribution >= 0.6 is 0 Å². The summed E-state index contributed by atoms with van der Waals surface area (Å²) in [4.78, 5) is 0.136. The van der Waals surface area contributed by atoms with E-state index in [4.69, 9.17) is 14.2 Å². The minimum atomic E-state index is -3.69. The van der Waals surface area contributed by atoms with Crippen molar-refractivity contribution < 1.29 is 22.6 Å². The molecule has 0 atom stereocenters. The first-order valence-corrected chi connectivity index (χ1v) is 10.5. The smallest absolute Gasteiger partial charge is 0.241 e. The summed E-state index contributed by atoms with van der Waals surface area (Å²) < 4.78 is 44.5. The number of ether oxygens (including phenoxy) is 3. The zero-order chi connectivity index (χ0) is 19.7. The Labute approximate surface area is 161 Å². The van der Waals surface area contributed by atoms with Crippen LogP contribution in [0.3, 0.4) is 0 Å². The van der Waals surface area contributed by atoms with Gasteiger partial charge in [0.15, 0.2) is 11.5 Å². The molecule has 2 aromatic rings. The molecule has 0 saturated heterocycles. The van der Waals surface area contributed by atoms with Gasteiger partial charge in [0.25, 0.3) is 0 Å². The zero-order valence-corrected chi connectivity index (χ0v) is 16.8. The van der Waals surface area contributed by atoms with Crippen LogP contribution in [0.1, 0.15) is 31.9 Å². The summed E-state index contributed by atoms with van der Waals surface area (Å²) in [5.74, 6) is 0.944. The van der Waals surface area contributed by atoms with Gasteiger partial charge in [-0.2, -0.15) is 0 Å². The van der Waals surface area contributed by atoms with Crippen LogP contribution in [-0.4, -0.2) is 28.2 Å². The van der Waals surface area contributed by atoms with Gasteiger partial charge >= 0.3 is 0 Å². The summed E-state index contributed by atoms with van der Waals surface area (Å²) in [6.07, 6.45) is 0. The monoisotopic (exact) mass is 393 g/mol. The van der Waals surface area contributed by atoms with Crippen LogP contribution in [-0.2, 0) is 27.9 Å². The third-order valence-corrected chi connectivity index (χ3v) is 5.26. The molecule has 0 saturated carbocycles. The molecule has 0 amide bonds. The predicted molar refractivity (Wildman–Crippen MR) is 105 cm³/mol. The molecule has 2 rings (SSSR count). The molecule has 148 valence electrons. The predicted octanol–water partition coefficient (Wildman–Crippen LogP) is 3.50. The van der Waals surface area contributed by atoms with Crippen LogP contribution in [0.15, 0.2) is 47.4 Å². The Morgan fingerprint density at radius 3 is 2.19 bits per heavy atom. The Bertz CT molecular complexity index is 836. The maximum absolute atomic E-state index is 12.7. The van der Waals surface area contributed by atoms with E-state index in [9.17, 15) is 8.42 Å². The lowest BCUT2D eigenvalue weighted by atomic mass is 10.1. The number of sulfonamides is 1. The molecule has 0 bridgehead atoms. The maximum atomic E-state index is 12.7. The second-order valence-corrected chi connectivity index (χ2v) is 7.47. The van der Waals surface area contributed by atoms with Crippen molar-refractivity contribution in [1.82, 2.24) is 4.72 Å². The molecule has 1 N–H and O–H groups in total. The lowest BCUT2D eigenvalue weighted by Gasteiger charge is -2.14. The summed E-state index contributed by atoms with van der Waals surface area (Å²) in [5.41, 5.74) is 1.84. The van der Waals surface area contributed by atoms with Gasteiger partial charge in [-0.1, -0.05) is 24.3 Å². The fourth-order valence-corrected chi connectivity index (χ4v) is 3.56. The van der Waals surface area contributed by atoms with Crippen LogP contribution < -0.4 is 14.2 Å². The van der Waals surface area contributed by atoms with Crippen molar-refractivity contribution in [2.24, 2.45) is 0 Å². The molecule has 0 aliphatic rings. The standard InChI is InChI=1S/C20H27NO5S/c1-4-24-15-17-10-8-7-9-16(17)14-21-27(22,23)18-11-12-19(25-5-2)20(13-18)26-6-3/h7-13,21H,4-6,14-15H2,1-3H3. The van der Waals surface area contributed by atoms with Gasteiger partial charge in [0.2, 0.25) is 10.0 Å². The van der Waals surface area contributed by atoms with Gasteiger partial charge in [-0.15, -0.1) is 0 Å². The Morgan fingerprint density at radius 1 is 0.852 bits per heavy atom. The van der Waals surface area contributed by atoms with Gasteiger partial charge in [0, 0.05) is 19.2 Å². The average Bonchev–Trinajstić information content (AvgIpc) is 2.67. The van der Waals surface area contributed by atoms with Crippen molar-refractivity contribution in [2.45, 2.75) is 38.8 Å². The van der Waals surface area contributed by atoms with Gasteiger partial charge < -0.3 is 14.2 Å². The van der Waals surface area contributed by atoms with E-state index in [1.807, 2.05) is 45.0 Å². The maximum Gasteiger partial charge on any atom is 0.241 e. The second-order valence-electron chi connectivity index (χ2n) is 5.70. The lowest BCUT2D eigenvalue weighted by Crippen LogP contribution is -2.24. The molecule has 0 unspecified atom stereocenters. The number of hydrogen-bond donors (Lipinski definition) is 1. The molecule has 0 spiro atoms. The molecule has 0 fully saturated rings. The van der Waals surface area contributed by atoms with Crippen LogP contribution in [0.2, 0.25) is 0 Å². The zero-order valence-electron chi connectivity index (χ0n) is 16.0. The van der Waals surface area contributed by atoms with E-state index in [1.165, 1.54) is 12.1 Å². The van der Waals surface area contributed by atoms with Gasteiger partial charge in [-0.3, -0.25) is 0 Å². The summed E-state index contributed by atoms with van der Waals surface area (Å²) in [6, 6.07) is 12.2. The van der Waals surface area contributed by atoms with Crippen LogP contribution in [0.4, 0.5) is 0 Å². The highest BCUT2D eigenvalue weighted by Gasteiger charge is 2.18. The van der Waals surface area contributed by atoms with Crippen LogP contribution in [0.25, 0.3) is 0 Å². The fraction of sp³-hybridized carbons (Fsp3) is 0.400. The minimum Gasteiger partial charge on any atom is -0.490 e. The number of nitrogens with one attached hydrogen (secondary N) is 1. The molecule has 0 aliphatic heterocycles. The molecule has 6 nitrogen and oxygen atoms in total. The fourth-order valence-electron chi connectivity index (χ4n) is 2.54. The van der Waals surface area contributed by atoms with Crippen molar-refractivity contribution in [2.75, 3.05) is 19.8 Å². The Kier molecular flexibility index (Phi) is 8.09. The Hall–Kier alpha value is -2.09. The summed E-state index contributed by atoms with van der Waals surface area (Å²) in [6.45, 7) is 7.75. The van der Waals surface area contributed by atoms with Gasteiger partial charge in [-0.05, 0) is 44.0 Å². The molecular formula is C20H27NO5S. The third kappa shape index (κ3) is 5.95. The Balaban J connectivity index is 2.18. The summed E-state index contributed by atoms with van der Waals surface area (Å²) in [7, 11) is -3.69. The average molecular weight is 394 g/mol. The molecule has 27 heavy (non-hydrogen) atoms. The third-order valence-electron chi connectivity index (χ3n) is 3.86. The van der Waals surface area contributed by atoms with E-state index in [-0.39, 0.29) is 11.4 Å². The van der Waals surface area contributed by atoms with Crippen molar-refractivity contribution >= 4 is 10.0 Å². The molecule has 2 aromatic carbocycles. The molecule has 7 heteroatoms. The quantitative estimate of drug-likeness (QED) is 0.632. The van der Waals surface area contributed by atoms with Crippen molar-refractivity contribution in [1.29, 1.82) is 0 Å². The molecule has 0 aliphatic carbocycles. The first-order valence-electron chi connectivity index (χ1n) is 9.05. The SMILES string of the molecule is CCOCc1ccccc1CNS(=O)(=O)c1ccc(OCC)c(OCC)c1. The first kappa shape index (κ1) is 21.2. The van der Waals surface area contributed by atoms with E-state index in [0.29, 0.717) is 37.9 Å². The van der Waals surface area contributed by atoms with Crippen LogP contribution in [0.5, 0.6) is 11.5 Å². The van der Waals surface area contributed by atoms with Crippen LogP contribution in [0, 0.1) is 0 Å². The minimum absolute atomic E-state index is 0.136. The van der Waals surface area contributed by atoms with Gasteiger partial charge in [0.1, 0.15) is 0 Å². The largest absolute Gasteiger partial charge is 0.490 e. The number of hydrogen-bond acceptors (Lipinski definition) is 5. The highest BCUT2D eigenvalue weighted by Crippen LogP contribution is 2.30. The Morgan fingerprint density at radius 2 is 1.52 bits per heavy atom. The second kappa shape index (κ2) is 10.3. The van der Waals surface area contributed by atoms with E-state index < -0.39 is 10.0 Å². The lowest BCUT2D eigenvalue weighted by molar-refractivity contribution is 0.133. The topological polar surface area (TPSA) is 73.9 Å². The van der Waals surface area contributed by atoms with E-state index in [2.05, 4.69) is 4.72 Å². The van der Waals surface area contributed by atoms with E-state index >= 15 is 0 Å². The number of benzene rings is 2. The highest BCUT2D eigenvalue weighted by atomic mass is 32.2. The molecule has 0 radical (unpaired) electrons. The van der Waals surface area contributed by atoms with Gasteiger partial charge in [-0.25, -0.2) is 13.1 Å².